The topological polar surface area (TPSA) is 83.0 Å². The van der Waals surface area contributed by atoms with Crippen LogP contribution in [0.4, 0.5) is 0 Å². The van der Waals surface area contributed by atoms with E-state index in [2.05, 4.69) is 10.1 Å². The normalized spacial score (nSPS) is 11.1. The lowest BCUT2D eigenvalue weighted by molar-refractivity contribution is 0.391. The summed E-state index contributed by atoms with van der Waals surface area (Å²) in [5, 5.41) is 6.48. The van der Waals surface area contributed by atoms with Crippen LogP contribution in [0.3, 0.4) is 0 Å². The number of methoxy groups -OCH3 is 1. The van der Waals surface area contributed by atoms with Gasteiger partial charge in [0.15, 0.2) is 5.16 Å². The standard InChI is InChI=1S/C22H16N4O3S2/c1-28-16-9-7-15(8-10-16)26-21(27)19-17(11-12-30-19)23-22(26)31-13-18-24-20(25-29-18)14-5-3-2-4-6-14/h2-12H,13H2,1H3. The predicted octanol–water partition coefficient (Wildman–Crippen LogP) is 4.80. The smallest absolute Gasteiger partial charge is 0.276 e. The van der Waals surface area contributed by atoms with E-state index in [1.165, 1.54) is 23.1 Å². The Bertz CT molecular complexity index is 1390. The van der Waals surface area contributed by atoms with E-state index in [1.807, 2.05) is 66.0 Å². The lowest BCUT2D eigenvalue weighted by Gasteiger charge is -2.12. The van der Waals surface area contributed by atoms with Crippen LogP contribution in [0.1, 0.15) is 5.89 Å². The minimum atomic E-state index is -0.108. The number of hydrogen-bond acceptors (Lipinski definition) is 8. The first-order valence-corrected chi connectivity index (χ1v) is 11.2. The number of hydrogen-bond donors (Lipinski definition) is 0. The van der Waals surface area contributed by atoms with Gasteiger partial charge in [0.25, 0.3) is 5.56 Å². The van der Waals surface area contributed by atoms with Gasteiger partial charge in [-0.1, -0.05) is 47.3 Å². The van der Waals surface area contributed by atoms with Gasteiger partial charge in [-0.2, -0.15) is 4.98 Å². The van der Waals surface area contributed by atoms with Crippen LogP contribution >= 0.6 is 23.1 Å². The molecule has 5 rings (SSSR count). The number of benzene rings is 2. The maximum absolute atomic E-state index is 13.2. The average Bonchev–Trinajstić information content (AvgIpc) is 3.48. The van der Waals surface area contributed by atoms with Crippen LogP contribution in [0, 0.1) is 0 Å². The molecule has 154 valence electrons. The number of nitrogens with zero attached hydrogens (tertiary/aromatic N) is 4. The van der Waals surface area contributed by atoms with Gasteiger partial charge in [0.1, 0.15) is 10.4 Å². The summed E-state index contributed by atoms with van der Waals surface area (Å²) in [5.41, 5.74) is 2.17. The van der Waals surface area contributed by atoms with Gasteiger partial charge in [-0.15, -0.1) is 11.3 Å². The maximum atomic E-state index is 13.2. The minimum absolute atomic E-state index is 0.108. The van der Waals surface area contributed by atoms with E-state index in [0.29, 0.717) is 38.5 Å². The van der Waals surface area contributed by atoms with Crippen LogP contribution in [0.2, 0.25) is 0 Å². The molecular formula is C22H16N4O3S2. The highest BCUT2D eigenvalue weighted by atomic mass is 32.2. The third-order valence-electron chi connectivity index (χ3n) is 4.60. The second-order valence-electron chi connectivity index (χ2n) is 6.53. The molecule has 31 heavy (non-hydrogen) atoms. The molecule has 5 aromatic rings. The van der Waals surface area contributed by atoms with Crippen molar-refractivity contribution in [1.29, 1.82) is 0 Å². The van der Waals surface area contributed by atoms with E-state index >= 15 is 0 Å². The number of thiophene rings is 1. The van der Waals surface area contributed by atoms with E-state index in [4.69, 9.17) is 14.2 Å². The van der Waals surface area contributed by atoms with Crippen LogP contribution in [0.25, 0.3) is 27.3 Å². The molecule has 0 bridgehead atoms. The van der Waals surface area contributed by atoms with E-state index in [1.54, 1.807) is 11.7 Å². The molecule has 0 saturated heterocycles. The molecule has 0 fully saturated rings. The molecular weight excluding hydrogens is 432 g/mol. The Hall–Kier alpha value is -3.43. The highest BCUT2D eigenvalue weighted by Crippen LogP contribution is 2.27. The molecule has 3 aromatic heterocycles. The van der Waals surface area contributed by atoms with Gasteiger partial charge < -0.3 is 9.26 Å². The molecule has 0 unspecified atom stereocenters. The summed E-state index contributed by atoms with van der Waals surface area (Å²) in [6, 6.07) is 18.8. The first-order chi connectivity index (χ1) is 15.2. The van der Waals surface area contributed by atoms with Crippen molar-refractivity contribution in [2.75, 3.05) is 7.11 Å². The third-order valence-corrected chi connectivity index (χ3v) is 6.42. The summed E-state index contributed by atoms with van der Waals surface area (Å²) in [6.07, 6.45) is 0. The summed E-state index contributed by atoms with van der Waals surface area (Å²) in [5.74, 6) is 2.10. The highest BCUT2D eigenvalue weighted by Gasteiger charge is 2.16. The molecule has 0 spiro atoms. The van der Waals surface area contributed by atoms with Gasteiger partial charge in [0.2, 0.25) is 11.7 Å². The Morgan fingerprint density at radius 3 is 2.65 bits per heavy atom. The Morgan fingerprint density at radius 1 is 1.06 bits per heavy atom. The fraction of sp³-hybridized carbons (Fsp3) is 0.0909. The molecule has 2 aromatic carbocycles. The van der Waals surface area contributed by atoms with E-state index in [-0.39, 0.29) is 5.56 Å². The molecule has 0 atom stereocenters. The van der Waals surface area contributed by atoms with Gasteiger partial charge in [0, 0.05) is 5.56 Å². The lowest BCUT2D eigenvalue weighted by Crippen LogP contribution is -2.20. The van der Waals surface area contributed by atoms with Gasteiger partial charge in [-0.25, -0.2) is 4.98 Å². The Labute approximate surface area is 185 Å². The van der Waals surface area contributed by atoms with Gasteiger partial charge in [0.05, 0.1) is 24.1 Å². The molecule has 7 nitrogen and oxygen atoms in total. The van der Waals surface area contributed by atoms with Crippen LogP contribution < -0.4 is 10.3 Å². The number of aromatic nitrogens is 4. The second-order valence-corrected chi connectivity index (χ2v) is 8.39. The molecule has 0 saturated carbocycles. The Kier molecular flexibility index (Phi) is 5.27. The molecule has 0 aliphatic rings. The van der Waals surface area contributed by atoms with E-state index in [0.717, 1.165) is 11.3 Å². The van der Waals surface area contributed by atoms with Crippen molar-refractivity contribution in [2.45, 2.75) is 10.9 Å². The van der Waals surface area contributed by atoms with Crippen molar-refractivity contribution < 1.29 is 9.26 Å². The number of thioether (sulfide) groups is 1. The minimum Gasteiger partial charge on any atom is -0.497 e. The van der Waals surface area contributed by atoms with Crippen molar-refractivity contribution in [3.05, 3.63) is 82.3 Å². The zero-order valence-electron chi connectivity index (χ0n) is 16.4. The van der Waals surface area contributed by atoms with Crippen LogP contribution in [0.5, 0.6) is 5.75 Å². The summed E-state index contributed by atoms with van der Waals surface area (Å²) >= 11 is 2.76. The summed E-state index contributed by atoms with van der Waals surface area (Å²) in [7, 11) is 1.61. The van der Waals surface area contributed by atoms with Crippen molar-refractivity contribution in [2.24, 2.45) is 0 Å². The largest absolute Gasteiger partial charge is 0.497 e. The first-order valence-electron chi connectivity index (χ1n) is 9.38. The van der Waals surface area contributed by atoms with Crippen LogP contribution in [-0.4, -0.2) is 26.8 Å². The Balaban J connectivity index is 1.49. The molecule has 0 aliphatic carbocycles. The monoisotopic (exact) mass is 448 g/mol. The fourth-order valence-corrected chi connectivity index (χ4v) is 4.70. The highest BCUT2D eigenvalue weighted by molar-refractivity contribution is 7.98. The van der Waals surface area contributed by atoms with Gasteiger partial charge >= 0.3 is 0 Å². The SMILES string of the molecule is COc1ccc(-n2c(SCc3nc(-c4ccccc4)no3)nc3ccsc3c2=O)cc1. The quantitative estimate of drug-likeness (QED) is 0.273. The molecule has 0 amide bonds. The van der Waals surface area contributed by atoms with Crippen molar-refractivity contribution >= 4 is 33.3 Å². The van der Waals surface area contributed by atoms with Gasteiger partial charge in [-0.3, -0.25) is 9.36 Å². The van der Waals surface area contributed by atoms with Crippen molar-refractivity contribution in [1.82, 2.24) is 19.7 Å². The Morgan fingerprint density at radius 2 is 1.87 bits per heavy atom. The van der Waals surface area contributed by atoms with E-state index in [9.17, 15) is 4.79 Å². The second kappa shape index (κ2) is 8.37. The number of fused-ring (bicyclic) bond motifs is 1. The predicted molar refractivity (Wildman–Crippen MR) is 121 cm³/mol. The summed E-state index contributed by atoms with van der Waals surface area (Å²) in [6.45, 7) is 0. The fourth-order valence-electron chi connectivity index (χ4n) is 3.09. The van der Waals surface area contributed by atoms with Crippen molar-refractivity contribution in [3.8, 4) is 22.8 Å². The molecule has 0 radical (unpaired) electrons. The lowest BCUT2D eigenvalue weighted by atomic mass is 10.2. The van der Waals surface area contributed by atoms with Crippen LogP contribution in [0.15, 0.2) is 80.5 Å². The summed E-state index contributed by atoms with van der Waals surface area (Å²) < 4.78 is 12.9. The number of rotatable bonds is 6. The maximum Gasteiger partial charge on any atom is 0.276 e. The average molecular weight is 449 g/mol. The van der Waals surface area contributed by atoms with Crippen LogP contribution in [-0.2, 0) is 5.75 Å². The van der Waals surface area contributed by atoms with Gasteiger partial charge in [-0.05, 0) is 35.7 Å². The first kappa shape index (κ1) is 19.5. The third kappa shape index (κ3) is 3.85. The molecule has 3 heterocycles. The van der Waals surface area contributed by atoms with E-state index < -0.39 is 0 Å². The zero-order chi connectivity index (χ0) is 21.2. The molecule has 0 aliphatic heterocycles. The van der Waals surface area contributed by atoms with Crippen molar-refractivity contribution in [3.63, 3.8) is 0 Å². The summed E-state index contributed by atoms with van der Waals surface area (Å²) in [4.78, 5) is 22.4. The molecule has 9 heteroatoms. The zero-order valence-corrected chi connectivity index (χ0v) is 18.0. The molecule has 0 N–H and O–H groups in total. The number of ether oxygens (including phenoxy) is 1.